The molecule has 4 N–H and O–H groups in total. The van der Waals surface area contributed by atoms with Gasteiger partial charge in [0.05, 0.1) is 11.4 Å². The van der Waals surface area contributed by atoms with E-state index in [1.54, 1.807) is 16.8 Å². The van der Waals surface area contributed by atoms with Crippen LogP contribution in [0, 0.1) is 13.8 Å². The first kappa shape index (κ1) is 21.8. The fourth-order valence-electron chi connectivity index (χ4n) is 3.19. The Morgan fingerprint density at radius 3 is 2.53 bits per heavy atom. The number of amides is 2. The van der Waals surface area contributed by atoms with Crippen LogP contribution in [0.4, 0.5) is 10.5 Å². The molecular weight excluding hydrogens is 448 g/mol. The van der Waals surface area contributed by atoms with Crippen LogP contribution in [-0.2, 0) is 13.7 Å². The third kappa shape index (κ3) is 4.48. The second kappa shape index (κ2) is 8.86. The maximum atomic E-state index is 12.2. The van der Waals surface area contributed by atoms with E-state index in [-0.39, 0.29) is 6.61 Å². The lowest BCUT2D eigenvalue weighted by atomic mass is 10.1. The van der Waals surface area contributed by atoms with Gasteiger partial charge in [-0.2, -0.15) is 5.10 Å². The van der Waals surface area contributed by atoms with Crippen LogP contribution >= 0.6 is 15.9 Å². The highest BCUT2D eigenvalue weighted by atomic mass is 79.9. The Hall–Kier alpha value is -2.88. The summed E-state index contributed by atoms with van der Waals surface area (Å²) < 4.78 is 8.65. The van der Waals surface area contributed by atoms with Gasteiger partial charge in [0.25, 0.3) is 0 Å². The first-order valence-electron chi connectivity index (χ1n) is 9.27. The zero-order valence-electron chi connectivity index (χ0n) is 17.4. The number of anilines is 1. The van der Waals surface area contributed by atoms with Gasteiger partial charge in [0.15, 0.2) is 0 Å². The Morgan fingerprint density at radius 2 is 1.93 bits per heavy atom. The zero-order chi connectivity index (χ0) is 22.0. The molecule has 0 aliphatic carbocycles. The highest BCUT2D eigenvalue weighted by molar-refractivity contribution is 9.10. The topological polar surface area (TPSA) is 103 Å². The van der Waals surface area contributed by atoms with Crippen molar-refractivity contribution in [2.45, 2.75) is 20.5 Å². The molecule has 0 radical (unpaired) electrons. The van der Waals surface area contributed by atoms with Gasteiger partial charge in [-0.1, -0.05) is 22.0 Å². The number of carbonyl (C=O) groups is 1. The summed E-state index contributed by atoms with van der Waals surface area (Å²) in [5.41, 5.74) is 5.31. The minimum atomic E-state index is -0.541. The number of urea groups is 1. The van der Waals surface area contributed by atoms with Crippen molar-refractivity contribution in [2.75, 3.05) is 12.1 Å². The van der Waals surface area contributed by atoms with Gasteiger partial charge in [-0.05, 0) is 55.3 Å². The molecule has 0 spiro atoms. The number of benzene rings is 2. The highest BCUT2D eigenvalue weighted by Crippen LogP contribution is 2.31. The van der Waals surface area contributed by atoms with E-state index in [0.29, 0.717) is 5.69 Å². The van der Waals surface area contributed by atoms with E-state index in [9.17, 15) is 4.79 Å². The number of halogens is 1. The van der Waals surface area contributed by atoms with Gasteiger partial charge in [-0.25, -0.2) is 21.5 Å². The van der Waals surface area contributed by atoms with Crippen LogP contribution in [0.1, 0.15) is 16.7 Å². The summed E-state index contributed by atoms with van der Waals surface area (Å²) in [5.74, 6) is 12.3. The Balaban J connectivity index is 1.84. The summed E-state index contributed by atoms with van der Waals surface area (Å²) in [6.45, 7) is 4.24. The number of hydrazine groups is 2. The van der Waals surface area contributed by atoms with E-state index in [1.165, 1.54) is 7.05 Å². The molecule has 2 aromatic carbocycles. The molecule has 1 heterocycles. The largest absolute Gasteiger partial charge is 0.489 e. The minimum absolute atomic E-state index is 0.217. The number of rotatable bonds is 5. The molecule has 2 amide bonds. The summed E-state index contributed by atoms with van der Waals surface area (Å²) >= 11 is 3.52. The Labute approximate surface area is 184 Å². The van der Waals surface area contributed by atoms with Crippen LogP contribution < -0.4 is 21.4 Å². The van der Waals surface area contributed by atoms with Gasteiger partial charge >= 0.3 is 6.03 Å². The number of carbonyl (C=O) groups excluding carboxylic acids is 1. The van der Waals surface area contributed by atoms with Crippen LogP contribution in [0.25, 0.3) is 11.3 Å². The van der Waals surface area contributed by atoms with Crippen LogP contribution in [0.15, 0.2) is 47.1 Å². The van der Waals surface area contributed by atoms with Crippen molar-refractivity contribution in [1.82, 2.24) is 14.8 Å². The van der Waals surface area contributed by atoms with Crippen molar-refractivity contribution in [3.05, 3.63) is 63.8 Å². The molecule has 0 fully saturated rings. The molecule has 1 aromatic heterocycles. The standard InChI is InChI=1S/C21H25BrN6O2/c1-13-10-15(20-14(2)11-26(3)25-20)8-9-19(13)30-12-16-17(22)6-5-7-18(16)28(24)21(29)27(4)23/h5-11H,12,23-24H2,1-4H3. The van der Waals surface area contributed by atoms with Crippen molar-refractivity contribution in [3.63, 3.8) is 0 Å². The van der Waals surface area contributed by atoms with E-state index >= 15 is 0 Å². The van der Waals surface area contributed by atoms with Gasteiger partial charge in [-0.15, -0.1) is 0 Å². The van der Waals surface area contributed by atoms with E-state index in [2.05, 4.69) is 21.0 Å². The minimum Gasteiger partial charge on any atom is -0.489 e. The van der Waals surface area contributed by atoms with Crippen LogP contribution in [-0.4, -0.2) is 27.9 Å². The van der Waals surface area contributed by atoms with Crippen molar-refractivity contribution >= 4 is 27.6 Å². The third-order valence-corrected chi connectivity index (χ3v) is 5.44. The molecule has 0 atom stereocenters. The normalized spacial score (nSPS) is 10.8. The third-order valence-electron chi connectivity index (χ3n) is 4.69. The van der Waals surface area contributed by atoms with Crippen molar-refractivity contribution in [1.29, 1.82) is 0 Å². The second-order valence-corrected chi connectivity index (χ2v) is 7.96. The molecule has 3 rings (SSSR count). The zero-order valence-corrected chi connectivity index (χ0v) is 19.0. The molecule has 3 aromatic rings. The van der Waals surface area contributed by atoms with Crippen LogP contribution in [0.2, 0.25) is 0 Å². The highest BCUT2D eigenvalue weighted by Gasteiger charge is 2.19. The molecule has 8 nitrogen and oxygen atoms in total. The summed E-state index contributed by atoms with van der Waals surface area (Å²) in [6.07, 6.45) is 1.99. The van der Waals surface area contributed by atoms with E-state index < -0.39 is 6.03 Å². The fraction of sp³-hybridized carbons (Fsp3) is 0.238. The number of hydrogen-bond donors (Lipinski definition) is 2. The summed E-state index contributed by atoms with van der Waals surface area (Å²) in [6, 6.07) is 10.8. The number of hydrogen-bond acceptors (Lipinski definition) is 5. The lowest BCUT2D eigenvalue weighted by Gasteiger charge is -2.24. The molecule has 0 unspecified atom stereocenters. The average Bonchev–Trinajstić information content (AvgIpc) is 3.04. The maximum absolute atomic E-state index is 12.2. The molecule has 0 saturated heterocycles. The monoisotopic (exact) mass is 472 g/mol. The van der Waals surface area contributed by atoms with Gasteiger partial charge in [-0.3, -0.25) is 9.69 Å². The molecule has 0 saturated carbocycles. The average molecular weight is 473 g/mol. The Kier molecular flexibility index (Phi) is 6.45. The van der Waals surface area contributed by atoms with Crippen molar-refractivity contribution in [2.24, 2.45) is 18.7 Å². The van der Waals surface area contributed by atoms with E-state index in [1.807, 2.05) is 51.4 Å². The number of ether oxygens (including phenoxy) is 1. The van der Waals surface area contributed by atoms with E-state index in [0.717, 1.165) is 48.2 Å². The molecule has 0 aliphatic rings. The van der Waals surface area contributed by atoms with Gasteiger partial charge in [0.2, 0.25) is 0 Å². The lowest BCUT2D eigenvalue weighted by Crippen LogP contribution is -2.49. The van der Waals surface area contributed by atoms with Gasteiger partial charge < -0.3 is 4.74 Å². The Bertz CT molecular complexity index is 1080. The van der Waals surface area contributed by atoms with E-state index in [4.69, 9.17) is 16.4 Å². The molecular formula is C21H25BrN6O2. The Morgan fingerprint density at radius 1 is 1.20 bits per heavy atom. The molecule has 9 heteroatoms. The predicted octanol–water partition coefficient (Wildman–Crippen LogP) is 3.65. The predicted molar refractivity (Wildman–Crippen MR) is 121 cm³/mol. The quantitative estimate of drug-likeness (QED) is 0.335. The summed E-state index contributed by atoms with van der Waals surface area (Å²) in [4.78, 5) is 12.2. The van der Waals surface area contributed by atoms with Crippen molar-refractivity contribution < 1.29 is 9.53 Å². The van der Waals surface area contributed by atoms with Gasteiger partial charge in [0, 0.05) is 35.9 Å². The smallest absolute Gasteiger partial charge is 0.352 e. The maximum Gasteiger partial charge on any atom is 0.352 e. The van der Waals surface area contributed by atoms with Gasteiger partial charge in [0.1, 0.15) is 12.4 Å². The second-order valence-electron chi connectivity index (χ2n) is 7.10. The molecule has 0 bridgehead atoms. The van der Waals surface area contributed by atoms with Crippen LogP contribution in [0.5, 0.6) is 5.75 Å². The lowest BCUT2D eigenvalue weighted by molar-refractivity contribution is 0.216. The number of nitrogens with zero attached hydrogens (tertiary/aromatic N) is 4. The number of aryl methyl sites for hydroxylation is 3. The molecule has 158 valence electrons. The summed E-state index contributed by atoms with van der Waals surface area (Å²) in [7, 11) is 3.34. The fourth-order valence-corrected chi connectivity index (χ4v) is 3.66. The first-order chi connectivity index (χ1) is 14.2. The van der Waals surface area contributed by atoms with Crippen LogP contribution in [0.3, 0.4) is 0 Å². The number of aromatic nitrogens is 2. The molecule has 30 heavy (non-hydrogen) atoms. The molecule has 0 aliphatic heterocycles. The first-order valence-corrected chi connectivity index (χ1v) is 10.1. The summed E-state index contributed by atoms with van der Waals surface area (Å²) in [5, 5.41) is 6.45. The number of nitrogens with two attached hydrogens (primary N) is 2. The SMILES string of the molecule is Cc1cc(-c2nn(C)cc2C)ccc1OCc1c(Br)cccc1N(N)C(=O)N(C)N. The van der Waals surface area contributed by atoms with Crippen molar-refractivity contribution in [3.8, 4) is 17.0 Å².